The normalized spacial score (nSPS) is 15.6. The summed E-state index contributed by atoms with van der Waals surface area (Å²) in [7, 11) is 0. The highest BCUT2D eigenvalue weighted by atomic mass is 16.1. The fraction of sp³-hybridized carbons (Fsp3) is 0.467. The molecular formula is C15H18N2O. The lowest BCUT2D eigenvalue weighted by atomic mass is 10.0. The number of aryl methyl sites for hydroxylation is 1. The molecule has 0 atom stereocenters. The fourth-order valence-electron chi connectivity index (χ4n) is 2.50. The van der Waals surface area contributed by atoms with Gasteiger partial charge >= 0.3 is 0 Å². The van der Waals surface area contributed by atoms with Gasteiger partial charge in [0, 0.05) is 17.5 Å². The average molecular weight is 242 g/mol. The van der Waals surface area contributed by atoms with E-state index in [1.165, 1.54) is 12.8 Å². The number of nitrogens with zero attached hydrogens (tertiary/aromatic N) is 2. The van der Waals surface area contributed by atoms with E-state index in [-0.39, 0.29) is 11.7 Å². The fourth-order valence-corrected chi connectivity index (χ4v) is 2.50. The molecule has 0 unspecified atom stereocenters. The van der Waals surface area contributed by atoms with Crippen molar-refractivity contribution in [1.29, 1.82) is 0 Å². The molecule has 1 saturated carbocycles. The van der Waals surface area contributed by atoms with Crippen LogP contribution in [-0.4, -0.2) is 15.3 Å². The molecule has 1 heterocycles. The predicted molar refractivity (Wildman–Crippen MR) is 71.9 cm³/mol. The van der Waals surface area contributed by atoms with E-state index in [0.717, 1.165) is 22.4 Å². The van der Waals surface area contributed by atoms with E-state index in [1.54, 1.807) is 0 Å². The van der Waals surface area contributed by atoms with Crippen LogP contribution >= 0.6 is 0 Å². The second-order valence-electron chi connectivity index (χ2n) is 5.48. The molecule has 3 heteroatoms. The van der Waals surface area contributed by atoms with E-state index >= 15 is 0 Å². The Kier molecular flexibility index (Phi) is 2.51. The van der Waals surface area contributed by atoms with Gasteiger partial charge in [-0.3, -0.25) is 4.79 Å². The summed E-state index contributed by atoms with van der Waals surface area (Å²) < 4.78 is 2.30. The first-order chi connectivity index (χ1) is 8.58. The molecule has 0 amide bonds. The lowest BCUT2D eigenvalue weighted by Gasteiger charge is -2.06. The molecule has 0 aliphatic heterocycles. The quantitative estimate of drug-likeness (QED) is 0.772. The summed E-state index contributed by atoms with van der Waals surface area (Å²) in [6.45, 7) is 5.91. The Hall–Kier alpha value is -1.64. The summed E-state index contributed by atoms with van der Waals surface area (Å²) in [5.41, 5.74) is 2.89. The Morgan fingerprint density at radius 1 is 1.39 bits per heavy atom. The topological polar surface area (TPSA) is 34.9 Å². The molecule has 1 aromatic carbocycles. The zero-order valence-corrected chi connectivity index (χ0v) is 11.1. The molecule has 18 heavy (non-hydrogen) atoms. The van der Waals surface area contributed by atoms with E-state index in [2.05, 4.69) is 9.55 Å². The van der Waals surface area contributed by atoms with Gasteiger partial charge in [0.15, 0.2) is 5.78 Å². The molecule has 0 spiro atoms. The van der Waals surface area contributed by atoms with Gasteiger partial charge in [-0.1, -0.05) is 13.8 Å². The van der Waals surface area contributed by atoms with Crippen molar-refractivity contribution >= 4 is 16.8 Å². The van der Waals surface area contributed by atoms with Crippen LogP contribution in [0.15, 0.2) is 18.2 Å². The summed E-state index contributed by atoms with van der Waals surface area (Å²) in [5, 5.41) is 0. The van der Waals surface area contributed by atoms with E-state index in [9.17, 15) is 4.79 Å². The third kappa shape index (κ3) is 1.74. The van der Waals surface area contributed by atoms with E-state index in [4.69, 9.17) is 0 Å². The predicted octanol–water partition coefficient (Wildman–Crippen LogP) is 3.52. The Balaban J connectivity index is 2.11. The van der Waals surface area contributed by atoms with Crippen molar-refractivity contribution in [3.8, 4) is 0 Å². The molecular weight excluding hydrogens is 224 g/mol. The molecule has 3 rings (SSSR count). The second kappa shape index (κ2) is 3.94. The van der Waals surface area contributed by atoms with Gasteiger partial charge in [-0.2, -0.15) is 0 Å². The number of rotatable bonds is 3. The molecule has 1 aromatic heterocycles. The number of ketones is 1. The van der Waals surface area contributed by atoms with Gasteiger partial charge in [-0.25, -0.2) is 4.98 Å². The number of Topliss-reactive ketones (excluding diaryl/α,β-unsaturated/α-hetero) is 1. The highest BCUT2D eigenvalue weighted by Gasteiger charge is 2.27. The highest BCUT2D eigenvalue weighted by Crippen LogP contribution is 2.38. The number of hydrogen-bond acceptors (Lipinski definition) is 2. The number of carbonyl (C=O) groups excluding carboxylic acids is 1. The van der Waals surface area contributed by atoms with Crippen molar-refractivity contribution in [2.45, 2.75) is 39.7 Å². The van der Waals surface area contributed by atoms with Gasteiger partial charge in [-0.05, 0) is 38.0 Å². The minimum atomic E-state index is 0.0362. The Morgan fingerprint density at radius 2 is 2.11 bits per heavy atom. The van der Waals surface area contributed by atoms with Gasteiger partial charge < -0.3 is 4.57 Å². The van der Waals surface area contributed by atoms with Crippen LogP contribution in [0.5, 0.6) is 0 Å². The SMILES string of the molecule is Cc1nc2cc(C(=O)C(C)C)ccc2n1C1CC1. The molecule has 94 valence electrons. The minimum absolute atomic E-state index is 0.0362. The monoisotopic (exact) mass is 242 g/mol. The van der Waals surface area contributed by atoms with Crippen LogP contribution in [0.3, 0.4) is 0 Å². The maximum Gasteiger partial charge on any atom is 0.165 e. The van der Waals surface area contributed by atoms with E-state index in [0.29, 0.717) is 6.04 Å². The third-order valence-corrected chi connectivity index (χ3v) is 3.59. The summed E-state index contributed by atoms with van der Waals surface area (Å²) >= 11 is 0. The summed E-state index contributed by atoms with van der Waals surface area (Å²) in [6, 6.07) is 6.54. The number of hydrogen-bond donors (Lipinski definition) is 0. The Labute approximate surface area is 107 Å². The van der Waals surface area contributed by atoms with Crippen molar-refractivity contribution in [3.05, 3.63) is 29.6 Å². The minimum Gasteiger partial charge on any atom is -0.325 e. The zero-order chi connectivity index (χ0) is 12.9. The summed E-state index contributed by atoms with van der Waals surface area (Å²) in [5.74, 6) is 1.28. The molecule has 1 aliphatic carbocycles. The lowest BCUT2D eigenvalue weighted by Crippen LogP contribution is -2.07. The van der Waals surface area contributed by atoms with E-state index in [1.807, 2.05) is 39.0 Å². The summed E-state index contributed by atoms with van der Waals surface area (Å²) in [6.07, 6.45) is 2.50. The molecule has 0 bridgehead atoms. The smallest absolute Gasteiger partial charge is 0.165 e. The van der Waals surface area contributed by atoms with Crippen LogP contribution in [0.1, 0.15) is 48.9 Å². The second-order valence-corrected chi connectivity index (χ2v) is 5.48. The maximum atomic E-state index is 12.0. The third-order valence-electron chi connectivity index (χ3n) is 3.59. The van der Waals surface area contributed by atoms with Gasteiger partial charge in [0.1, 0.15) is 5.82 Å². The molecule has 1 aliphatic rings. The molecule has 2 aromatic rings. The first kappa shape index (κ1) is 11.5. The number of fused-ring (bicyclic) bond motifs is 1. The van der Waals surface area contributed by atoms with Crippen LogP contribution in [0.2, 0.25) is 0 Å². The van der Waals surface area contributed by atoms with Crippen molar-refractivity contribution < 1.29 is 4.79 Å². The standard InChI is InChI=1S/C15H18N2O/c1-9(2)15(18)11-4-7-14-13(8-11)16-10(3)17(14)12-5-6-12/h4,7-9,12H,5-6H2,1-3H3. The Bertz CT molecular complexity index is 621. The molecule has 0 N–H and O–H groups in total. The average Bonchev–Trinajstić information content (AvgIpc) is 3.10. The van der Waals surface area contributed by atoms with E-state index < -0.39 is 0 Å². The molecule has 0 saturated heterocycles. The van der Waals surface area contributed by atoms with Crippen LogP contribution in [0, 0.1) is 12.8 Å². The molecule has 1 fully saturated rings. The van der Waals surface area contributed by atoms with Crippen LogP contribution in [0.25, 0.3) is 11.0 Å². The largest absolute Gasteiger partial charge is 0.325 e. The number of imidazole rings is 1. The zero-order valence-electron chi connectivity index (χ0n) is 11.1. The highest BCUT2D eigenvalue weighted by molar-refractivity contribution is 6.00. The lowest BCUT2D eigenvalue weighted by molar-refractivity contribution is 0.0939. The van der Waals surface area contributed by atoms with Crippen molar-refractivity contribution in [3.63, 3.8) is 0 Å². The van der Waals surface area contributed by atoms with Gasteiger partial charge in [0.05, 0.1) is 11.0 Å². The molecule has 0 radical (unpaired) electrons. The number of aromatic nitrogens is 2. The first-order valence-corrected chi connectivity index (χ1v) is 6.60. The van der Waals surface area contributed by atoms with Gasteiger partial charge in [0.25, 0.3) is 0 Å². The van der Waals surface area contributed by atoms with Crippen LogP contribution in [-0.2, 0) is 0 Å². The van der Waals surface area contributed by atoms with Gasteiger partial charge in [-0.15, -0.1) is 0 Å². The van der Waals surface area contributed by atoms with Crippen molar-refractivity contribution in [2.24, 2.45) is 5.92 Å². The van der Waals surface area contributed by atoms with Crippen LogP contribution in [0.4, 0.5) is 0 Å². The van der Waals surface area contributed by atoms with Crippen molar-refractivity contribution in [2.75, 3.05) is 0 Å². The Morgan fingerprint density at radius 3 is 2.72 bits per heavy atom. The summed E-state index contributed by atoms with van der Waals surface area (Å²) in [4.78, 5) is 16.6. The van der Waals surface area contributed by atoms with Crippen molar-refractivity contribution in [1.82, 2.24) is 9.55 Å². The van der Waals surface area contributed by atoms with Gasteiger partial charge in [0.2, 0.25) is 0 Å². The van der Waals surface area contributed by atoms with Crippen LogP contribution < -0.4 is 0 Å². The maximum absolute atomic E-state index is 12.0. The first-order valence-electron chi connectivity index (χ1n) is 6.60. The number of benzene rings is 1. The number of carbonyl (C=O) groups is 1. The molecule has 3 nitrogen and oxygen atoms in total.